The van der Waals surface area contributed by atoms with Crippen molar-refractivity contribution >= 4 is 31.6 Å². The molecule has 2 N–H and O–H groups in total. The van der Waals surface area contributed by atoms with E-state index in [0.717, 1.165) is 40.9 Å². The Morgan fingerprint density at radius 1 is 1.19 bits per heavy atom. The number of nitrogens with two attached hydrogens (primary N) is 1. The number of aldehydes is 1. The van der Waals surface area contributed by atoms with Gasteiger partial charge in [-0.3, -0.25) is 4.79 Å². The highest BCUT2D eigenvalue weighted by atomic mass is 16.1. The first-order valence-corrected chi connectivity index (χ1v) is 8.68. The monoisotopic (exact) mass is 343 g/mol. The zero-order valence-corrected chi connectivity index (χ0v) is 15.1. The third kappa shape index (κ3) is 3.84. The third-order valence-corrected chi connectivity index (χ3v) is 4.43. The fourth-order valence-electron chi connectivity index (χ4n) is 3.08. The van der Waals surface area contributed by atoms with Gasteiger partial charge >= 0.3 is 0 Å². The van der Waals surface area contributed by atoms with Crippen molar-refractivity contribution < 1.29 is 4.79 Å². The van der Waals surface area contributed by atoms with E-state index >= 15 is 0 Å². The average molecular weight is 343 g/mol. The molecule has 0 radical (unpaired) electrons. The number of nitrogens with zero attached hydrogens (tertiary/aromatic N) is 2. The van der Waals surface area contributed by atoms with Crippen LogP contribution in [0.4, 0.5) is 0 Å². The van der Waals surface area contributed by atoms with Crippen molar-refractivity contribution in [3.8, 4) is 0 Å². The van der Waals surface area contributed by atoms with Crippen LogP contribution in [0.2, 0.25) is 0 Å². The Kier molecular flexibility index (Phi) is 5.49. The molecule has 130 valence electrons. The molecule has 2 heterocycles. The van der Waals surface area contributed by atoms with Crippen molar-refractivity contribution in [3.63, 3.8) is 0 Å². The highest BCUT2D eigenvalue weighted by Gasteiger charge is 2.16. The van der Waals surface area contributed by atoms with E-state index in [1.165, 1.54) is 5.57 Å². The van der Waals surface area contributed by atoms with Crippen molar-refractivity contribution in [2.45, 2.75) is 13.3 Å². The lowest BCUT2D eigenvalue weighted by molar-refractivity contribution is 0.112. The summed E-state index contributed by atoms with van der Waals surface area (Å²) >= 11 is 0. The number of hydrogen-bond acceptors (Lipinski definition) is 3. The van der Waals surface area contributed by atoms with Crippen LogP contribution in [-0.2, 0) is 0 Å². The molecule has 0 spiro atoms. The van der Waals surface area contributed by atoms with Crippen LogP contribution in [-0.4, -0.2) is 31.0 Å². The van der Waals surface area contributed by atoms with Gasteiger partial charge in [0.1, 0.15) is 6.29 Å². The minimum atomic E-state index is 0.584. The maximum Gasteiger partial charge on any atom is 0.223 e. The molecule has 0 saturated heterocycles. The van der Waals surface area contributed by atoms with Crippen molar-refractivity contribution in [2.24, 2.45) is 10.7 Å². The summed E-state index contributed by atoms with van der Waals surface area (Å²) in [5.74, 6) is 0. The van der Waals surface area contributed by atoms with Crippen molar-refractivity contribution in [1.29, 1.82) is 0 Å². The molecule has 0 unspecified atom stereocenters. The molecule has 4 nitrogen and oxygen atoms in total. The Morgan fingerprint density at radius 3 is 2.54 bits per heavy atom. The van der Waals surface area contributed by atoms with Gasteiger partial charge in [-0.1, -0.05) is 30.3 Å². The molecule has 0 atom stereocenters. The summed E-state index contributed by atoms with van der Waals surface area (Å²) in [6.07, 6.45) is 9.76. The van der Waals surface area contributed by atoms with Gasteiger partial charge in [0.15, 0.2) is 0 Å². The van der Waals surface area contributed by atoms with Gasteiger partial charge in [-0.2, -0.15) is 0 Å². The number of allylic oxidation sites excluding steroid dienone is 3. The number of benzene rings is 1. The Morgan fingerprint density at radius 2 is 1.92 bits per heavy atom. The molecule has 0 fully saturated rings. The van der Waals surface area contributed by atoms with Crippen molar-refractivity contribution in [3.05, 3.63) is 82.8 Å². The molecular weight excluding hydrogens is 321 g/mol. The molecule has 26 heavy (non-hydrogen) atoms. The molecule has 0 bridgehead atoms. The molecule has 2 aromatic rings. The normalized spacial score (nSPS) is 15.9. The molecule has 3 rings (SSSR count). The predicted octanol–water partition coefficient (Wildman–Crippen LogP) is 2.87. The van der Waals surface area contributed by atoms with E-state index in [0.29, 0.717) is 12.1 Å². The quantitative estimate of drug-likeness (QED) is 0.648. The lowest BCUT2D eigenvalue weighted by Crippen LogP contribution is -2.05. The number of carbonyl (C=O) groups excluding carboxylic acids is 1. The highest BCUT2D eigenvalue weighted by molar-refractivity contribution is 6.11. The minimum absolute atomic E-state index is 0.584. The second-order valence-electron chi connectivity index (χ2n) is 6.35. The fraction of sp³-hybridized carbons (Fsp3) is 0.143. The van der Waals surface area contributed by atoms with E-state index < -0.39 is 0 Å². The number of carbonyl (C=O) groups is 1. The van der Waals surface area contributed by atoms with Crippen molar-refractivity contribution in [1.82, 2.24) is 4.48 Å². The Balaban J connectivity index is 1.91. The van der Waals surface area contributed by atoms with Crippen LogP contribution < -0.4 is 5.73 Å². The van der Waals surface area contributed by atoms with E-state index in [1.54, 1.807) is 0 Å². The maximum atomic E-state index is 10.7. The zero-order chi connectivity index (χ0) is 18.5. The minimum Gasteiger partial charge on any atom is -0.399 e. The Labute approximate surface area is 154 Å². The highest BCUT2D eigenvalue weighted by Crippen LogP contribution is 2.30. The Hall–Kier alpha value is -2.92. The molecule has 1 aliphatic heterocycles. The average Bonchev–Trinajstić information content (AvgIpc) is 3.24. The predicted molar refractivity (Wildman–Crippen MR) is 111 cm³/mol. The van der Waals surface area contributed by atoms with E-state index in [9.17, 15) is 4.79 Å². The van der Waals surface area contributed by atoms with Gasteiger partial charge in [0, 0.05) is 16.8 Å². The summed E-state index contributed by atoms with van der Waals surface area (Å²) in [5.41, 5.74) is 12.9. The third-order valence-electron chi connectivity index (χ3n) is 4.43. The standard InChI is InChI=1S/C21H22BN3O/c1-15-13-18(9-8-16-4-6-17(14-26)7-5-16)24-21(15)19(10-11-23)20-3-2-12-25(20)22/h2-9,12-14H,10-11,22-23H2,1H3/b9-8+,21-19-. The lowest BCUT2D eigenvalue weighted by atomic mass is 10.0. The smallest absolute Gasteiger partial charge is 0.223 e. The summed E-state index contributed by atoms with van der Waals surface area (Å²) in [6.45, 7) is 2.67. The first kappa shape index (κ1) is 17.9. The number of aromatic nitrogens is 1. The van der Waals surface area contributed by atoms with Gasteiger partial charge < -0.3 is 10.2 Å². The molecule has 0 saturated carbocycles. The summed E-state index contributed by atoms with van der Waals surface area (Å²) in [7, 11) is 2.04. The molecule has 1 aromatic heterocycles. The second kappa shape index (κ2) is 7.98. The summed E-state index contributed by atoms with van der Waals surface area (Å²) in [5, 5.41) is 0. The lowest BCUT2D eigenvalue weighted by Gasteiger charge is -2.11. The van der Waals surface area contributed by atoms with Crippen LogP contribution in [0.1, 0.15) is 35.0 Å². The zero-order valence-electron chi connectivity index (χ0n) is 15.1. The summed E-state index contributed by atoms with van der Waals surface area (Å²) in [4.78, 5) is 15.6. The molecule has 0 amide bonds. The molecule has 1 aromatic carbocycles. The van der Waals surface area contributed by atoms with Crippen LogP contribution in [0.3, 0.4) is 0 Å². The van der Waals surface area contributed by atoms with E-state index in [-0.39, 0.29) is 0 Å². The van der Waals surface area contributed by atoms with Gasteiger partial charge in [0.25, 0.3) is 0 Å². The van der Waals surface area contributed by atoms with Gasteiger partial charge in [-0.25, -0.2) is 4.99 Å². The van der Waals surface area contributed by atoms with E-state index in [4.69, 9.17) is 10.7 Å². The first-order chi connectivity index (χ1) is 12.6. The van der Waals surface area contributed by atoms with Crippen LogP contribution in [0.25, 0.3) is 11.6 Å². The van der Waals surface area contributed by atoms with Gasteiger partial charge in [-0.05, 0) is 61.5 Å². The molecule has 1 aliphatic rings. The molecule has 0 aliphatic carbocycles. The van der Waals surface area contributed by atoms with Crippen LogP contribution in [0.15, 0.2) is 71.0 Å². The summed E-state index contributed by atoms with van der Waals surface area (Å²) in [6, 6.07) is 11.6. The van der Waals surface area contributed by atoms with Crippen LogP contribution in [0.5, 0.6) is 0 Å². The molecular formula is C21H22BN3O. The topological polar surface area (TPSA) is 60.4 Å². The SMILES string of the molecule is Bn1cccc1/C(CCN)=C1N=C(/C=C/c2ccc(C=O)cc2)C=C\1C. The van der Waals surface area contributed by atoms with Crippen LogP contribution in [0, 0.1) is 0 Å². The number of hydrogen-bond donors (Lipinski definition) is 1. The van der Waals surface area contributed by atoms with Gasteiger partial charge in [0.05, 0.1) is 11.4 Å². The van der Waals surface area contributed by atoms with Gasteiger partial charge in [-0.15, -0.1) is 0 Å². The van der Waals surface area contributed by atoms with E-state index in [1.807, 2.05) is 56.7 Å². The maximum absolute atomic E-state index is 10.7. The van der Waals surface area contributed by atoms with Crippen molar-refractivity contribution in [2.75, 3.05) is 6.54 Å². The Bertz CT molecular complexity index is 930. The van der Waals surface area contributed by atoms with Crippen LogP contribution >= 0.6 is 0 Å². The first-order valence-electron chi connectivity index (χ1n) is 8.68. The largest absolute Gasteiger partial charge is 0.399 e. The summed E-state index contributed by atoms with van der Waals surface area (Å²) < 4.78 is 2.10. The molecule has 5 heteroatoms. The fourth-order valence-corrected chi connectivity index (χ4v) is 3.08. The second-order valence-corrected chi connectivity index (χ2v) is 6.35. The number of aliphatic imine (C=N–C) groups is 1. The number of rotatable bonds is 6. The van der Waals surface area contributed by atoms with Gasteiger partial charge in [0.2, 0.25) is 7.98 Å². The van der Waals surface area contributed by atoms with E-state index in [2.05, 4.69) is 23.5 Å².